The van der Waals surface area contributed by atoms with Gasteiger partial charge < -0.3 is 10.0 Å². The van der Waals surface area contributed by atoms with E-state index in [0.717, 1.165) is 37.3 Å². The molecule has 98 valence electrons. The average molecular weight is 249 g/mol. The van der Waals surface area contributed by atoms with E-state index in [2.05, 4.69) is 14.9 Å². The molecule has 0 radical (unpaired) electrons. The molecule has 1 aliphatic heterocycles. The number of aromatic nitrogens is 2. The molecule has 1 unspecified atom stereocenters. The van der Waals surface area contributed by atoms with Crippen LogP contribution in [0.5, 0.6) is 0 Å². The van der Waals surface area contributed by atoms with Gasteiger partial charge in [0.05, 0.1) is 5.41 Å². The number of carboxylic acid groups (broad SMARTS) is 1. The number of carbonyl (C=O) groups is 1. The molecule has 1 aromatic rings. The molecule has 2 heterocycles. The average Bonchev–Trinajstić information content (AvgIpc) is 2.39. The fourth-order valence-electron chi connectivity index (χ4n) is 2.36. The van der Waals surface area contributed by atoms with Gasteiger partial charge in [0.1, 0.15) is 12.1 Å². The van der Waals surface area contributed by atoms with Crippen LogP contribution in [0.15, 0.2) is 12.4 Å². The molecule has 1 aromatic heterocycles. The van der Waals surface area contributed by atoms with Crippen molar-refractivity contribution in [1.82, 2.24) is 9.97 Å². The summed E-state index contributed by atoms with van der Waals surface area (Å²) < 4.78 is 0. The minimum Gasteiger partial charge on any atom is -0.481 e. The van der Waals surface area contributed by atoms with Gasteiger partial charge in [-0.05, 0) is 26.2 Å². The van der Waals surface area contributed by atoms with Crippen LogP contribution >= 0.6 is 0 Å². The smallest absolute Gasteiger partial charge is 0.311 e. The van der Waals surface area contributed by atoms with Crippen molar-refractivity contribution in [3.63, 3.8) is 0 Å². The van der Waals surface area contributed by atoms with E-state index >= 15 is 0 Å². The lowest BCUT2D eigenvalue weighted by molar-refractivity contribution is -0.148. The summed E-state index contributed by atoms with van der Waals surface area (Å²) in [6.45, 7) is 5.23. The van der Waals surface area contributed by atoms with Gasteiger partial charge in [-0.15, -0.1) is 0 Å². The number of hydrogen-bond donors (Lipinski definition) is 1. The zero-order chi connectivity index (χ0) is 13.2. The number of aryl methyl sites for hydroxylation is 1. The molecule has 18 heavy (non-hydrogen) atoms. The van der Waals surface area contributed by atoms with Crippen molar-refractivity contribution in [2.24, 2.45) is 5.41 Å². The van der Waals surface area contributed by atoms with E-state index in [9.17, 15) is 9.90 Å². The van der Waals surface area contributed by atoms with Crippen LogP contribution in [0.2, 0.25) is 0 Å². The molecule has 0 spiro atoms. The summed E-state index contributed by atoms with van der Waals surface area (Å²) in [5.74, 6) is 0.117. The van der Waals surface area contributed by atoms with Gasteiger partial charge >= 0.3 is 5.97 Å². The van der Waals surface area contributed by atoms with E-state index < -0.39 is 11.4 Å². The van der Waals surface area contributed by atoms with Gasteiger partial charge in [-0.3, -0.25) is 4.79 Å². The summed E-state index contributed by atoms with van der Waals surface area (Å²) in [4.78, 5) is 21.8. The molecule has 1 saturated heterocycles. The molecule has 1 N–H and O–H groups in total. The molecule has 0 bridgehead atoms. The number of rotatable bonds is 3. The number of carboxylic acids is 1. The summed E-state index contributed by atoms with van der Waals surface area (Å²) in [5.41, 5.74) is 0.317. The highest BCUT2D eigenvalue weighted by molar-refractivity contribution is 5.75. The Labute approximate surface area is 107 Å². The van der Waals surface area contributed by atoms with Crippen molar-refractivity contribution in [3.8, 4) is 0 Å². The lowest BCUT2D eigenvalue weighted by Crippen LogP contribution is -2.46. The van der Waals surface area contributed by atoms with Gasteiger partial charge in [-0.1, -0.05) is 6.92 Å². The Kier molecular flexibility index (Phi) is 3.50. The molecule has 5 heteroatoms. The SMILES string of the molecule is CCc1cc(N2CCCC(C)(C(=O)O)C2)ncn1. The summed E-state index contributed by atoms with van der Waals surface area (Å²) in [6, 6.07) is 1.95. The summed E-state index contributed by atoms with van der Waals surface area (Å²) in [7, 11) is 0. The lowest BCUT2D eigenvalue weighted by atomic mass is 9.82. The zero-order valence-corrected chi connectivity index (χ0v) is 10.9. The molecule has 0 amide bonds. The maximum absolute atomic E-state index is 11.3. The first-order chi connectivity index (χ1) is 8.55. The minimum absolute atomic E-state index is 0.516. The third-order valence-corrected chi connectivity index (χ3v) is 3.61. The minimum atomic E-state index is -0.725. The Morgan fingerprint density at radius 2 is 2.33 bits per heavy atom. The van der Waals surface area contributed by atoms with Crippen LogP contribution in [0, 0.1) is 5.41 Å². The largest absolute Gasteiger partial charge is 0.481 e. The second-order valence-corrected chi connectivity index (χ2v) is 5.11. The molecule has 1 atom stereocenters. The van der Waals surface area contributed by atoms with Crippen molar-refractivity contribution >= 4 is 11.8 Å². The topological polar surface area (TPSA) is 66.3 Å². The molecule has 1 aliphatic rings. The molecular formula is C13H19N3O2. The summed E-state index contributed by atoms with van der Waals surface area (Å²) >= 11 is 0. The Bertz CT molecular complexity index is 450. The highest BCUT2D eigenvalue weighted by Gasteiger charge is 2.38. The van der Waals surface area contributed by atoms with E-state index in [1.807, 2.05) is 19.9 Å². The number of hydrogen-bond acceptors (Lipinski definition) is 4. The molecule has 0 aliphatic carbocycles. The first-order valence-corrected chi connectivity index (χ1v) is 6.34. The maximum Gasteiger partial charge on any atom is 0.311 e. The quantitative estimate of drug-likeness (QED) is 0.883. The van der Waals surface area contributed by atoms with E-state index in [4.69, 9.17) is 0 Å². The van der Waals surface area contributed by atoms with Crippen LogP contribution in [0.4, 0.5) is 5.82 Å². The number of nitrogens with zero attached hydrogens (tertiary/aromatic N) is 3. The Balaban J connectivity index is 2.20. The third-order valence-electron chi connectivity index (χ3n) is 3.61. The van der Waals surface area contributed by atoms with Gasteiger partial charge in [-0.2, -0.15) is 0 Å². The van der Waals surface area contributed by atoms with Gasteiger partial charge in [0, 0.05) is 24.8 Å². The lowest BCUT2D eigenvalue weighted by Gasteiger charge is -2.38. The molecule has 0 saturated carbocycles. The van der Waals surface area contributed by atoms with Crippen molar-refractivity contribution in [2.45, 2.75) is 33.1 Å². The zero-order valence-electron chi connectivity index (χ0n) is 10.9. The molecule has 2 rings (SSSR count). The van der Waals surface area contributed by atoms with Crippen LogP contribution in [-0.4, -0.2) is 34.1 Å². The predicted molar refractivity (Wildman–Crippen MR) is 68.6 cm³/mol. The van der Waals surface area contributed by atoms with Gasteiger partial charge in [0.25, 0.3) is 0 Å². The van der Waals surface area contributed by atoms with Gasteiger partial charge in [0.2, 0.25) is 0 Å². The fraction of sp³-hybridized carbons (Fsp3) is 0.615. The number of piperidine rings is 1. The van der Waals surface area contributed by atoms with Crippen LogP contribution in [0.1, 0.15) is 32.4 Å². The van der Waals surface area contributed by atoms with Gasteiger partial charge in [0.15, 0.2) is 0 Å². The molecule has 5 nitrogen and oxygen atoms in total. The van der Waals surface area contributed by atoms with E-state index in [-0.39, 0.29) is 0 Å². The van der Waals surface area contributed by atoms with Crippen molar-refractivity contribution in [2.75, 3.05) is 18.0 Å². The van der Waals surface area contributed by atoms with Crippen LogP contribution < -0.4 is 4.90 Å². The summed E-state index contributed by atoms with van der Waals surface area (Å²) in [6.07, 6.45) is 4.03. The van der Waals surface area contributed by atoms with Crippen molar-refractivity contribution in [1.29, 1.82) is 0 Å². The monoisotopic (exact) mass is 249 g/mol. The Morgan fingerprint density at radius 3 is 3.00 bits per heavy atom. The number of anilines is 1. The van der Waals surface area contributed by atoms with Crippen LogP contribution in [-0.2, 0) is 11.2 Å². The molecule has 0 aromatic carbocycles. The van der Waals surface area contributed by atoms with Crippen molar-refractivity contribution < 1.29 is 9.90 Å². The first-order valence-electron chi connectivity index (χ1n) is 6.34. The second-order valence-electron chi connectivity index (χ2n) is 5.11. The van der Waals surface area contributed by atoms with Crippen LogP contribution in [0.3, 0.4) is 0 Å². The predicted octanol–water partition coefficient (Wildman–Crippen LogP) is 1.73. The highest BCUT2D eigenvalue weighted by Crippen LogP contribution is 2.31. The molecular weight excluding hydrogens is 230 g/mol. The third kappa shape index (κ3) is 2.44. The van der Waals surface area contributed by atoms with Crippen molar-refractivity contribution in [3.05, 3.63) is 18.1 Å². The maximum atomic E-state index is 11.3. The second kappa shape index (κ2) is 4.92. The Hall–Kier alpha value is -1.65. The van der Waals surface area contributed by atoms with Gasteiger partial charge in [-0.25, -0.2) is 9.97 Å². The number of aliphatic carboxylic acids is 1. The molecule has 1 fully saturated rings. The highest BCUT2D eigenvalue weighted by atomic mass is 16.4. The standard InChI is InChI=1S/C13H19N3O2/c1-3-10-7-11(15-9-14-10)16-6-4-5-13(2,8-16)12(17)18/h7,9H,3-6,8H2,1-2H3,(H,17,18). The van der Waals surface area contributed by atoms with E-state index in [1.165, 1.54) is 0 Å². The normalized spacial score (nSPS) is 24.0. The first kappa shape index (κ1) is 12.8. The van der Waals surface area contributed by atoms with E-state index in [1.54, 1.807) is 6.33 Å². The van der Waals surface area contributed by atoms with E-state index in [0.29, 0.717) is 6.54 Å². The van der Waals surface area contributed by atoms with Crippen LogP contribution in [0.25, 0.3) is 0 Å². The Morgan fingerprint density at radius 1 is 1.56 bits per heavy atom. The summed E-state index contributed by atoms with van der Waals surface area (Å²) in [5, 5.41) is 9.30. The fourth-order valence-corrected chi connectivity index (χ4v) is 2.36.